The van der Waals surface area contributed by atoms with E-state index in [1.807, 2.05) is 24.3 Å². The highest BCUT2D eigenvalue weighted by Gasteiger charge is 2.07. The van der Waals surface area contributed by atoms with E-state index in [0.717, 1.165) is 11.5 Å². The molecule has 0 saturated carbocycles. The van der Waals surface area contributed by atoms with Crippen molar-refractivity contribution in [1.29, 1.82) is 0 Å². The standard InChI is InChI=1S/C23H26N4O/c1-24-23(25-15-17-8-12-20(13-9-17)22(28)27(2)3)26-16-18-10-11-19-6-4-5-7-21(19)14-18/h4-14H,15-16H2,1-3H3,(H2,24,25,26). The number of nitrogens with one attached hydrogen (secondary N) is 2. The Labute approximate surface area is 166 Å². The van der Waals surface area contributed by atoms with Gasteiger partial charge < -0.3 is 15.5 Å². The maximum Gasteiger partial charge on any atom is 0.253 e. The van der Waals surface area contributed by atoms with Crippen LogP contribution in [-0.2, 0) is 13.1 Å². The van der Waals surface area contributed by atoms with Gasteiger partial charge in [-0.1, -0.05) is 48.5 Å². The number of benzene rings is 3. The summed E-state index contributed by atoms with van der Waals surface area (Å²) in [5.41, 5.74) is 2.98. The van der Waals surface area contributed by atoms with Crippen molar-refractivity contribution in [2.45, 2.75) is 13.1 Å². The quantitative estimate of drug-likeness (QED) is 0.532. The molecule has 0 spiro atoms. The summed E-state index contributed by atoms with van der Waals surface area (Å²) in [7, 11) is 5.26. The number of hydrogen-bond donors (Lipinski definition) is 2. The predicted octanol–water partition coefficient (Wildman–Crippen LogP) is 3.41. The van der Waals surface area contributed by atoms with Gasteiger partial charge in [0.25, 0.3) is 5.91 Å². The van der Waals surface area contributed by atoms with Crippen molar-refractivity contribution in [2.24, 2.45) is 4.99 Å². The molecular weight excluding hydrogens is 348 g/mol. The van der Waals surface area contributed by atoms with E-state index in [0.29, 0.717) is 18.7 Å². The lowest BCUT2D eigenvalue weighted by molar-refractivity contribution is 0.0827. The van der Waals surface area contributed by atoms with Crippen LogP contribution in [0, 0.1) is 0 Å². The Morgan fingerprint density at radius 2 is 1.46 bits per heavy atom. The van der Waals surface area contributed by atoms with Crippen molar-refractivity contribution in [2.75, 3.05) is 21.1 Å². The molecule has 0 saturated heterocycles. The summed E-state index contributed by atoms with van der Waals surface area (Å²) >= 11 is 0. The molecule has 0 atom stereocenters. The molecule has 3 aromatic carbocycles. The zero-order valence-corrected chi connectivity index (χ0v) is 16.6. The third kappa shape index (κ3) is 4.88. The van der Waals surface area contributed by atoms with Gasteiger partial charge in [-0.05, 0) is 40.1 Å². The van der Waals surface area contributed by atoms with Crippen LogP contribution in [0.15, 0.2) is 71.7 Å². The topological polar surface area (TPSA) is 56.7 Å². The molecule has 5 heteroatoms. The van der Waals surface area contributed by atoms with Gasteiger partial charge in [-0.25, -0.2) is 0 Å². The van der Waals surface area contributed by atoms with Gasteiger partial charge in [-0.2, -0.15) is 0 Å². The molecule has 0 aliphatic carbocycles. The highest BCUT2D eigenvalue weighted by Crippen LogP contribution is 2.15. The van der Waals surface area contributed by atoms with Crippen molar-refractivity contribution < 1.29 is 4.79 Å². The van der Waals surface area contributed by atoms with E-state index in [2.05, 4.69) is 58.1 Å². The molecule has 28 heavy (non-hydrogen) atoms. The van der Waals surface area contributed by atoms with Gasteiger partial charge in [-0.15, -0.1) is 0 Å². The van der Waals surface area contributed by atoms with E-state index in [1.165, 1.54) is 16.3 Å². The highest BCUT2D eigenvalue weighted by atomic mass is 16.2. The highest BCUT2D eigenvalue weighted by molar-refractivity contribution is 5.93. The number of nitrogens with zero attached hydrogens (tertiary/aromatic N) is 2. The molecule has 0 aromatic heterocycles. The molecule has 0 bridgehead atoms. The summed E-state index contributed by atoms with van der Waals surface area (Å²) in [6.07, 6.45) is 0. The predicted molar refractivity (Wildman–Crippen MR) is 115 cm³/mol. The molecule has 2 N–H and O–H groups in total. The molecule has 0 unspecified atom stereocenters. The molecule has 144 valence electrons. The van der Waals surface area contributed by atoms with Crippen LogP contribution >= 0.6 is 0 Å². The number of guanidine groups is 1. The molecule has 3 rings (SSSR count). The number of rotatable bonds is 5. The smallest absolute Gasteiger partial charge is 0.253 e. The van der Waals surface area contributed by atoms with Crippen LogP contribution in [0.5, 0.6) is 0 Å². The van der Waals surface area contributed by atoms with Crippen molar-refractivity contribution in [3.63, 3.8) is 0 Å². The Kier molecular flexibility index (Phi) is 6.27. The van der Waals surface area contributed by atoms with Crippen LogP contribution in [0.2, 0.25) is 0 Å². The number of amides is 1. The average Bonchev–Trinajstić information content (AvgIpc) is 2.73. The number of hydrogen-bond acceptors (Lipinski definition) is 2. The lowest BCUT2D eigenvalue weighted by Gasteiger charge is -2.13. The zero-order chi connectivity index (χ0) is 19.9. The van der Waals surface area contributed by atoms with Crippen LogP contribution in [-0.4, -0.2) is 37.9 Å². The molecule has 3 aromatic rings. The number of fused-ring (bicyclic) bond motifs is 1. The largest absolute Gasteiger partial charge is 0.352 e. The summed E-state index contributed by atoms with van der Waals surface area (Å²) in [5.74, 6) is 0.744. The first kappa shape index (κ1) is 19.4. The lowest BCUT2D eigenvalue weighted by atomic mass is 10.1. The fraction of sp³-hybridized carbons (Fsp3) is 0.217. The molecule has 0 aliphatic rings. The van der Waals surface area contributed by atoms with Gasteiger partial charge in [0.2, 0.25) is 0 Å². The first-order chi connectivity index (χ1) is 13.6. The normalized spacial score (nSPS) is 11.3. The van der Waals surface area contributed by atoms with Crippen molar-refractivity contribution in [3.8, 4) is 0 Å². The van der Waals surface area contributed by atoms with Gasteiger partial charge in [0.15, 0.2) is 5.96 Å². The molecule has 1 amide bonds. The number of carbonyl (C=O) groups is 1. The number of aliphatic imine (C=N–C) groups is 1. The summed E-state index contributed by atoms with van der Waals surface area (Å²) in [6.45, 7) is 1.33. The fourth-order valence-electron chi connectivity index (χ4n) is 2.96. The third-order valence-corrected chi connectivity index (χ3v) is 4.56. The van der Waals surface area contributed by atoms with E-state index >= 15 is 0 Å². The van der Waals surface area contributed by atoms with E-state index in [-0.39, 0.29) is 5.91 Å². The van der Waals surface area contributed by atoms with E-state index in [9.17, 15) is 4.79 Å². The maximum absolute atomic E-state index is 12.0. The first-order valence-corrected chi connectivity index (χ1v) is 9.29. The Morgan fingerprint density at radius 3 is 2.11 bits per heavy atom. The van der Waals surface area contributed by atoms with Crippen LogP contribution < -0.4 is 10.6 Å². The summed E-state index contributed by atoms with van der Waals surface area (Å²) in [5, 5.41) is 9.13. The van der Waals surface area contributed by atoms with Gasteiger partial charge in [0.1, 0.15) is 0 Å². The Bertz CT molecular complexity index is 977. The maximum atomic E-state index is 12.0. The van der Waals surface area contributed by atoms with Gasteiger partial charge in [-0.3, -0.25) is 9.79 Å². The molecule has 0 heterocycles. The summed E-state index contributed by atoms with van der Waals surface area (Å²) in [6, 6.07) is 22.4. The van der Waals surface area contributed by atoms with Gasteiger partial charge in [0.05, 0.1) is 0 Å². The van der Waals surface area contributed by atoms with Crippen LogP contribution in [0.25, 0.3) is 10.8 Å². The Balaban J connectivity index is 1.55. The van der Waals surface area contributed by atoms with E-state index in [4.69, 9.17) is 0 Å². The molecule has 0 aliphatic heterocycles. The first-order valence-electron chi connectivity index (χ1n) is 9.29. The fourth-order valence-corrected chi connectivity index (χ4v) is 2.96. The van der Waals surface area contributed by atoms with E-state index < -0.39 is 0 Å². The second kappa shape index (κ2) is 9.04. The van der Waals surface area contributed by atoms with Gasteiger partial charge in [0, 0.05) is 39.8 Å². The second-order valence-corrected chi connectivity index (χ2v) is 6.86. The minimum atomic E-state index is 0.00682. The van der Waals surface area contributed by atoms with E-state index in [1.54, 1.807) is 26.0 Å². The second-order valence-electron chi connectivity index (χ2n) is 6.86. The SMILES string of the molecule is CN=C(NCc1ccc(C(=O)N(C)C)cc1)NCc1ccc2ccccc2c1. The van der Waals surface area contributed by atoms with Crippen molar-refractivity contribution in [1.82, 2.24) is 15.5 Å². The molecule has 0 fully saturated rings. The van der Waals surface area contributed by atoms with Gasteiger partial charge >= 0.3 is 0 Å². The summed E-state index contributed by atoms with van der Waals surface area (Å²) < 4.78 is 0. The minimum absolute atomic E-state index is 0.00682. The van der Waals surface area contributed by atoms with Crippen LogP contribution in [0.3, 0.4) is 0 Å². The molecule has 0 radical (unpaired) electrons. The van der Waals surface area contributed by atoms with Crippen molar-refractivity contribution in [3.05, 3.63) is 83.4 Å². The monoisotopic (exact) mass is 374 g/mol. The Morgan fingerprint density at radius 1 is 0.857 bits per heavy atom. The third-order valence-electron chi connectivity index (χ3n) is 4.56. The molecule has 5 nitrogen and oxygen atoms in total. The Hall–Kier alpha value is -3.34. The minimum Gasteiger partial charge on any atom is -0.352 e. The lowest BCUT2D eigenvalue weighted by Crippen LogP contribution is -2.36. The van der Waals surface area contributed by atoms with Crippen molar-refractivity contribution >= 4 is 22.6 Å². The zero-order valence-electron chi connectivity index (χ0n) is 16.6. The molecular formula is C23H26N4O. The number of carbonyl (C=O) groups excluding carboxylic acids is 1. The summed E-state index contributed by atoms with van der Waals surface area (Å²) in [4.78, 5) is 17.8. The van der Waals surface area contributed by atoms with Crippen LogP contribution in [0.4, 0.5) is 0 Å². The average molecular weight is 374 g/mol. The van der Waals surface area contributed by atoms with Crippen LogP contribution in [0.1, 0.15) is 21.5 Å².